The quantitative estimate of drug-likeness (QED) is 0.865. The summed E-state index contributed by atoms with van der Waals surface area (Å²) in [5.41, 5.74) is 0.622. The summed E-state index contributed by atoms with van der Waals surface area (Å²) in [5.74, 6) is 0.181. The standard InChI is InChI=1S/C16H17ClN2O3S/c1-3-19(16(21)13-7-8-14(17)23-13)10-15(20)18-11-5-4-6-12(9-11)22-2/h4-9H,3,10H2,1-2H3,(H,18,20). The SMILES string of the molecule is CCN(CC(=O)Nc1cccc(OC)c1)C(=O)c1ccc(Cl)s1. The number of nitrogens with one attached hydrogen (secondary N) is 1. The van der Waals surface area contributed by atoms with Gasteiger partial charge in [0.25, 0.3) is 5.91 Å². The summed E-state index contributed by atoms with van der Waals surface area (Å²) in [4.78, 5) is 26.5. The molecule has 5 nitrogen and oxygen atoms in total. The minimum Gasteiger partial charge on any atom is -0.497 e. The number of halogens is 1. The van der Waals surface area contributed by atoms with E-state index in [2.05, 4.69) is 5.32 Å². The molecule has 0 saturated heterocycles. The molecule has 0 aliphatic heterocycles. The summed E-state index contributed by atoms with van der Waals surface area (Å²) in [6.07, 6.45) is 0. The number of ether oxygens (including phenoxy) is 1. The van der Waals surface area contributed by atoms with Crippen LogP contribution in [0.3, 0.4) is 0 Å². The molecule has 1 N–H and O–H groups in total. The molecule has 0 aliphatic rings. The van der Waals surface area contributed by atoms with E-state index in [1.54, 1.807) is 43.5 Å². The van der Waals surface area contributed by atoms with E-state index in [9.17, 15) is 9.59 Å². The fraction of sp³-hybridized carbons (Fsp3) is 0.250. The molecule has 0 spiro atoms. The average Bonchev–Trinajstić information content (AvgIpc) is 2.98. The monoisotopic (exact) mass is 352 g/mol. The molecule has 7 heteroatoms. The van der Waals surface area contributed by atoms with Gasteiger partial charge in [-0.1, -0.05) is 17.7 Å². The number of hydrogen-bond donors (Lipinski definition) is 1. The van der Waals surface area contributed by atoms with Crippen molar-refractivity contribution in [3.8, 4) is 5.75 Å². The van der Waals surface area contributed by atoms with Gasteiger partial charge in [-0.25, -0.2) is 0 Å². The van der Waals surface area contributed by atoms with Gasteiger partial charge in [-0.3, -0.25) is 9.59 Å². The molecule has 1 aromatic carbocycles. The third kappa shape index (κ3) is 4.71. The Morgan fingerprint density at radius 1 is 1.30 bits per heavy atom. The Bertz CT molecular complexity index is 702. The molecule has 0 unspecified atom stereocenters. The number of carbonyl (C=O) groups is 2. The van der Waals surface area contributed by atoms with Crippen molar-refractivity contribution in [1.29, 1.82) is 0 Å². The van der Waals surface area contributed by atoms with Crippen LogP contribution in [-0.2, 0) is 4.79 Å². The lowest BCUT2D eigenvalue weighted by molar-refractivity contribution is -0.116. The third-order valence-corrected chi connectivity index (χ3v) is 4.36. The summed E-state index contributed by atoms with van der Waals surface area (Å²) in [6, 6.07) is 10.4. The van der Waals surface area contributed by atoms with Gasteiger partial charge in [-0.2, -0.15) is 0 Å². The van der Waals surface area contributed by atoms with Crippen molar-refractivity contribution in [3.05, 3.63) is 45.6 Å². The van der Waals surface area contributed by atoms with Gasteiger partial charge in [-0.15, -0.1) is 11.3 Å². The molecule has 2 rings (SSSR count). The first-order valence-electron chi connectivity index (χ1n) is 7.02. The van der Waals surface area contributed by atoms with Crippen LogP contribution in [0.1, 0.15) is 16.6 Å². The van der Waals surface area contributed by atoms with E-state index in [4.69, 9.17) is 16.3 Å². The molecule has 122 valence electrons. The molecular formula is C16H17ClN2O3S. The number of thiophene rings is 1. The third-order valence-electron chi connectivity index (χ3n) is 3.14. The first-order chi connectivity index (χ1) is 11.0. The average molecular weight is 353 g/mol. The van der Waals surface area contributed by atoms with Crippen LogP contribution in [0.5, 0.6) is 5.75 Å². The van der Waals surface area contributed by atoms with Crippen LogP contribution in [0, 0.1) is 0 Å². The fourth-order valence-corrected chi connectivity index (χ4v) is 3.00. The molecule has 0 radical (unpaired) electrons. The molecule has 2 amide bonds. The van der Waals surface area contributed by atoms with Gasteiger partial charge in [-0.05, 0) is 31.2 Å². The number of methoxy groups -OCH3 is 1. The fourth-order valence-electron chi connectivity index (χ4n) is 1.99. The number of hydrogen-bond acceptors (Lipinski definition) is 4. The number of likely N-dealkylation sites (N-methyl/N-ethyl adjacent to an activating group) is 1. The van der Waals surface area contributed by atoms with E-state index in [1.165, 1.54) is 16.2 Å². The summed E-state index contributed by atoms with van der Waals surface area (Å²) in [6.45, 7) is 2.23. The number of anilines is 1. The first-order valence-corrected chi connectivity index (χ1v) is 8.21. The lowest BCUT2D eigenvalue weighted by Gasteiger charge is -2.19. The predicted octanol–water partition coefficient (Wildman–Crippen LogP) is 3.51. The highest BCUT2D eigenvalue weighted by molar-refractivity contribution is 7.17. The molecule has 23 heavy (non-hydrogen) atoms. The Balaban J connectivity index is 2.00. The second kappa shape index (κ2) is 7.99. The number of benzene rings is 1. The van der Waals surface area contributed by atoms with Crippen molar-refractivity contribution >= 4 is 40.4 Å². The molecule has 0 bridgehead atoms. The lowest BCUT2D eigenvalue weighted by Crippen LogP contribution is -2.37. The van der Waals surface area contributed by atoms with Crippen molar-refractivity contribution in [2.75, 3.05) is 25.5 Å². The van der Waals surface area contributed by atoms with Crippen molar-refractivity contribution < 1.29 is 14.3 Å². The molecule has 0 saturated carbocycles. The van der Waals surface area contributed by atoms with E-state index >= 15 is 0 Å². The summed E-state index contributed by atoms with van der Waals surface area (Å²) >= 11 is 7.05. The number of rotatable bonds is 6. The maximum absolute atomic E-state index is 12.4. The highest BCUT2D eigenvalue weighted by Crippen LogP contribution is 2.23. The van der Waals surface area contributed by atoms with Crippen LogP contribution in [0.15, 0.2) is 36.4 Å². The molecule has 1 aromatic heterocycles. The van der Waals surface area contributed by atoms with E-state index < -0.39 is 0 Å². The predicted molar refractivity (Wildman–Crippen MR) is 92.5 cm³/mol. The molecular weight excluding hydrogens is 336 g/mol. The highest BCUT2D eigenvalue weighted by Gasteiger charge is 2.19. The second-order valence-electron chi connectivity index (χ2n) is 4.70. The second-order valence-corrected chi connectivity index (χ2v) is 6.42. The Morgan fingerprint density at radius 3 is 2.70 bits per heavy atom. The van der Waals surface area contributed by atoms with Crippen LogP contribution in [0.2, 0.25) is 4.34 Å². The zero-order valence-corrected chi connectivity index (χ0v) is 14.4. The minimum absolute atomic E-state index is 0.0257. The number of amides is 2. The highest BCUT2D eigenvalue weighted by atomic mass is 35.5. The van der Waals surface area contributed by atoms with Crippen molar-refractivity contribution in [2.24, 2.45) is 0 Å². The van der Waals surface area contributed by atoms with Gasteiger partial charge in [0.1, 0.15) is 12.3 Å². The van der Waals surface area contributed by atoms with E-state index in [0.717, 1.165) is 0 Å². The summed E-state index contributed by atoms with van der Waals surface area (Å²) in [5, 5.41) is 2.76. The van der Waals surface area contributed by atoms with Gasteiger partial charge in [0.05, 0.1) is 16.3 Å². The normalized spacial score (nSPS) is 10.2. The van der Waals surface area contributed by atoms with Crippen LogP contribution >= 0.6 is 22.9 Å². The number of carbonyl (C=O) groups excluding carboxylic acids is 2. The molecule has 1 heterocycles. The zero-order valence-electron chi connectivity index (χ0n) is 12.8. The zero-order chi connectivity index (χ0) is 16.8. The van der Waals surface area contributed by atoms with Gasteiger partial charge in [0, 0.05) is 18.3 Å². The molecule has 0 fully saturated rings. The molecule has 0 aliphatic carbocycles. The first kappa shape index (κ1) is 17.3. The van der Waals surface area contributed by atoms with Gasteiger partial charge in [0.15, 0.2) is 0 Å². The maximum atomic E-state index is 12.4. The van der Waals surface area contributed by atoms with Gasteiger partial charge < -0.3 is 15.0 Å². The Morgan fingerprint density at radius 2 is 2.09 bits per heavy atom. The smallest absolute Gasteiger partial charge is 0.264 e. The van der Waals surface area contributed by atoms with Crippen LogP contribution in [0.25, 0.3) is 0 Å². The van der Waals surface area contributed by atoms with E-state index in [0.29, 0.717) is 27.2 Å². The molecule has 2 aromatic rings. The lowest BCUT2D eigenvalue weighted by atomic mass is 10.3. The van der Waals surface area contributed by atoms with Crippen LogP contribution in [0.4, 0.5) is 5.69 Å². The van der Waals surface area contributed by atoms with Crippen molar-refractivity contribution in [1.82, 2.24) is 4.90 Å². The van der Waals surface area contributed by atoms with Crippen molar-refractivity contribution in [3.63, 3.8) is 0 Å². The largest absolute Gasteiger partial charge is 0.497 e. The summed E-state index contributed by atoms with van der Waals surface area (Å²) < 4.78 is 5.66. The van der Waals surface area contributed by atoms with Crippen LogP contribution < -0.4 is 10.1 Å². The van der Waals surface area contributed by atoms with Crippen LogP contribution in [-0.4, -0.2) is 36.9 Å². The maximum Gasteiger partial charge on any atom is 0.264 e. The van der Waals surface area contributed by atoms with E-state index in [1.807, 2.05) is 6.92 Å². The van der Waals surface area contributed by atoms with Crippen molar-refractivity contribution in [2.45, 2.75) is 6.92 Å². The number of nitrogens with zero attached hydrogens (tertiary/aromatic N) is 1. The topological polar surface area (TPSA) is 58.6 Å². The van der Waals surface area contributed by atoms with Gasteiger partial charge >= 0.3 is 0 Å². The van der Waals surface area contributed by atoms with Gasteiger partial charge in [0.2, 0.25) is 5.91 Å². The summed E-state index contributed by atoms with van der Waals surface area (Å²) in [7, 11) is 1.56. The Kier molecular flexibility index (Phi) is 6.01. The minimum atomic E-state index is -0.267. The van der Waals surface area contributed by atoms with E-state index in [-0.39, 0.29) is 18.4 Å². The Labute approximate surface area is 143 Å². The Hall–Kier alpha value is -2.05. The molecule has 0 atom stereocenters.